The second-order valence-corrected chi connectivity index (χ2v) is 12.0. The molecule has 0 radical (unpaired) electrons. The predicted molar refractivity (Wildman–Crippen MR) is 168 cm³/mol. The van der Waals surface area contributed by atoms with Gasteiger partial charge in [-0.15, -0.1) is 0 Å². The van der Waals surface area contributed by atoms with Gasteiger partial charge in [-0.1, -0.05) is 72.8 Å². The molecule has 0 saturated carbocycles. The number of para-hydroxylation sites is 2. The third-order valence-electron chi connectivity index (χ3n) is 8.96. The van der Waals surface area contributed by atoms with Crippen molar-refractivity contribution in [3.05, 3.63) is 103 Å². The zero-order valence-corrected chi connectivity index (χ0v) is 23.5. The Bertz CT molecular complexity index is 2100. The van der Waals surface area contributed by atoms with Crippen LogP contribution in [0.5, 0.6) is 0 Å². The van der Waals surface area contributed by atoms with E-state index < -0.39 is 0 Å². The molecule has 0 atom stereocenters. The number of benzene rings is 5. The summed E-state index contributed by atoms with van der Waals surface area (Å²) >= 11 is 0. The van der Waals surface area contributed by atoms with Crippen LogP contribution in [0.25, 0.3) is 66.1 Å². The van der Waals surface area contributed by atoms with Gasteiger partial charge in [0.15, 0.2) is 0 Å². The summed E-state index contributed by atoms with van der Waals surface area (Å²) in [7, 11) is -0.389. The summed E-state index contributed by atoms with van der Waals surface area (Å²) in [6.45, 7) is 8.32. The number of hydrogen-bond donors (Lipinski definition) is 0. The number of rotatable bonds is 3. The first kappa shape index (κ1) is 24.5. The molecule has 1 fully saturated rings. The van der Waals surface area contributed by atoms with Gasteiger partial charge >= 0.3 is 7.12 Å². The van der Waals surface area contributed by atoms with E-state index in [0.717, 1.165) is 71.6 Å². The first-order valence-corrected chi connectivity index (χ1v) is 14.1. The number of fused-ring (bicyclic) bond motifs is 6. The molecule has 1 aliphatic heterocycles. The van der Waals surface area contributed by atoms with Crippen LogP contribution in [0.15, 0.2) is 112 Å². The van der Waals surface area contributed by atoms with E-state index in [1.54, 1.807) is 0 Å². The lowest BCUT2D eigenvalue weighted by Gasteiger charge is -2.32. The maximum Gasteiger partial charge on any atom is 0.494 e. The van der Waals surface area contributed by atoms with Gasteiger partial charge in [0.1, 0.15) is 22.3 Å². The van der Waals surface area contributed by atoms with Crippen LogP contribution in [0.2, 0.25) is 0 Å². The minimum Gasteiger partial charge on any atom is -0.456 e. The van der Waals surface area contributed by atoms with Crippen molar-refractivity contribution >= 4 is 56.5 Å². The van der Waals surface area contributed by atoms with Crippen molar-refractivity contribution in [2.75, 3.05) is 0 Å². The van der Waals surface area contributed by atoms with Crippen LogP contribution in [-0.4, -0.2) is 18.3 Å². The largest absolute Gasteiger partial charge is 0.494 e. The molecule has 5 aromatic carbocycles. The normalized spacial score (nSPS) is 16.4. The second-order valence-electron chi connectivity index (χ2n) is 12.0. The van der Waals surface area contributed by atoms with Crippen molar-refractivity contribution < 1.29 is 18.1 Å². The molecule has 0 amide bonds. The van der Waals surface area contributed by atoms with Crippen molar-refractivity contribution in [1.82, 2.24) is 0 Å². The molecule has 0 spiro atoms. The molecule has 1 aliphatic rings. The molecule has 5 heteroatoms. The van der Waals surface area contributed by atoms with Crippen LogP contribution in [0.4, 0.5) is 0 Å². The van der Waals surface area contributed by atoms with E-state index in [1.807, 2.05) is 30.3 Å². The molecular formula is C36H29BO4. The smallest absolute Gasteiger partial charge is 0.456 e. The Hall–Kier alpha value is -4.32. The van der Waals surface area contributed by atoms with Crippen molar-refractivity contribution in [2.24, 2.45) is 0 Å². The van der Waals surface area contributed by atoms with E-state index in [-0.39, 0.29) is 18.3 Å². The van der Waals surface area contributed by atoms with Gasteiger partial charge in [0.2, 0.25) is 0 Å². The van der Waals surface area contributed by atoms with Crippen molar-refractivity contribution in [3.8, 4) is 22.3 Å². The lowest BCUT2D eigenvalue weighted by Crippen LogP contribution is -2.41. The molecule has 2 aromatic heterocycles. The zero-order valence-electron chi connectivity index (χ0n) is 23.5. The average molecular weight is 536 g/mol. The first-order chi connectivity index (χ1) is 19.8. The average Bonchev–Trinajstić information content (AvgIpc) is 3.61. The van der Waals surface area contributed by atoms with E-state index in [0.29, 0.717) is 0 Å². The Morgan fingerprint density at radius 2 is 1.10 bits per heavy atom. The van der Waals surface area contributed by atoms with Crippen LogP contribution in [-0.2, 0) is 9.31 Å². The molecule has 0 N–H and O–H groups in total. The maximum atomic E-state index is 6.57. The minimum atomic E-state index is -0.389. The molecule has 0 unspecified atom stereocenters. The Morgan fingerprint density at radius 3 is 1.83 bits per heavy atom. The van der Waals surface area contributed by atoms with Crippen LogP contribution in [0.1, 0.15) is 27.7 Å². The molecule has 4 nitrogen and oxygen atoms in total. The minimum absolute atomic E-state index is 0.375. The SMILES string of the molecule is CC1(C)OB(c2ccc(-c3ccc(-c4ccc5oc6ccccc6c5c4)c4oc5ccccc5c34)cc2)OC1(C)C. The summed E-state index contributed by atoms with van der Waals surface area (Å²) in [6.07, 6.45) is 0. The topological polar surface area (TPSA) is 44.7 Å². The summed E-state index contributed by atoms with van der Waals surface area (Å²) in [5.74, 6) is 0. The Kier molecular flexibility index (Phi) is 5.13. The molecular weight excluding hydrogens is 507 g/mol. The first-order valence-electron chi connectivity index (χ1n) is 14.1. The summed E-state index contributed by atoms with van der Waals surface area (Å²) < 4.78 is 25.2. The summed E-state index contributed by atoms with van der Waals surface area (Å²) in [5.41, 5.74) is 8.19. The molecule has 7 aromatic rings. The second kappa shape index (κ2) is 8.59. The molecule has 200 valence electrons. The zero-order chi connectivity index (χ0) is 27.9. The van der Waals surface area contributed by atoms with E-state index >= 15 is 0 Å². The molecule has 3 heterocycles. The van der Waals surface area contributed by atoms with Crippen LogP contribution in [0.3, 0.4) is 0 Å². The highest BCUT2D eigenvalue weighted by atomic mass is 16.7. The molecule has 0 aliphatic carbocycles. The van der Waals surface area contributed by atoms with Gasteiger partial charge in [0.05, 0.1) is 11.2 Å². The van der Waals surface area contributed by atoms with Gasteiger partial charge < -0.3 is 18.1 Å². The molecule has 41 heavy (non-hydrogen) atoms. The van der Waals surface area contributed by atoms with Gasteiger partial charge in [-0.2, -0.15) is 0 Å². The van der Waals surface area contributed by atoms with Crippen molar-refractivity contribution in [1.29, 1.82) is 0 Å². The summed E-state index contributed by atoms with van der Waals surface area (Å²) in [4.78, 5) is 0. The fraction of sp³-hybridized carbons (Fsp3) is 0.167. The third kappa shape index (κ3) is 3.69. The lowest BCUT2D eigenvalue weighted by molar-refractivity contribution is 0.00578. The molecule has 1 saturated heterocycles. The summed E-state index contributed by atoms with van der Waals surface area (Å²) in [5, 5.41) is 4.43. The van der Waals surface area contributed by atoms with Crippen molar-refractivity contribution in [2.45, 2.75) is 38.9 Å². The Labute approximate surface area is 238 Å². The highest BCUT2D eigenvalue weighted by molar-refractivity contribution is 6.62. The van der Waals surface area contributed by atoms with E-state index in [9.17, 15) is 0 Å². The van der Waals surface area contributed by atoms with Gasteiger partial charge in [-0.05, 0) is 80.2 Å². The lowest BCUT2D eigenvalue weighted by atomic mass is 9.78. The van der Waals surface area contributed by atoms with E-state index in [1.165, 1.54) is 0 Å². The Morgan fingerprint density at radius 1 is 0.512 bits per heavy atom. The van der Waals surface area contributed by atoms with Crippen LogP contribution < -0.4 is 5.46 Å². The standard InChI is InChI=1S/C36H29BO4/c1-35(2)36(3,4)41-37(40-35)24-16-13-22(14-17-24)25-18-19-26(34-33(25)28-10-6-8-12-31(28)39-34)23-15-20-32-29(21-23)27-9-5-7-11-30(27)38-32/h5-21H,1-4H3. The molecule has 0 bridgehead atoms. The van der Waals surface area contributed by atoms with E-state index in [2.05, 4.69) is 100 Å². The number of furan rings is 2. The predicted octanol–water partition coefficient (Wildman–Crippen LogP) is 9.12. The number of hydrogen-bond acceptors (Lipinski definition) is 4. The van der Waals surface area contributed by atoms with Crippen LogP contribution >= 0.6 is 0 Å². The quantitative estimate of drug-likeness (QED) is 0.211. The maximum absolute atomic E-state index is 6.57. The third-order valence-corrected chi connectivity index (χ3v) is 8.96. The summed E-state index contributed by atoms with van der Waals surface area (Å²) in [6, 6.07) is 35.7. The van der Waals surface area contributed by atoms with E-state index in [4.69, 9.17) is 18.1 Å². The van der Waals surface area contributed by atoms with Gasteiger partial charge in [-0.25, -0.2) is 0 Å². The van der Waals surface area contributed by atoms with Gasteiger partial charge in [-0.3, -0.25) is 0 Å². The van der Waals surface area contributed by atoms with Gasteiger partial charge in [0.25, 0.3) is 0 Å². The van der Waals surface area contributed by atoms with Gasteiger partial charge in [0, 0.05) is 27.1 Å². The van der Waals surface area contributed by atoms with Crippen LogP contribution in [0, 0.1) is 0 Å². The fourth-order valence-corrected chi connectivity index (χ4v) is 5.99. The molecule has 8 rings (SSSR count). The fourth-order valence-electron chi connectivity index (χ4n) is 5.99. The highest BCUT2D eigenvalue weighted by Crippen LogP contribution is 2.43. The highest BCUT2D eigenvalue weighted by Gasteiger charge is 2.51. The Balaban J connectivity index is 1.27. The monoisotopic (exact) mass is 536 g/mol. The van der Waals surface area contributed by atoms with Crippen molar-refractivity contribution in [3.63, 3.8) is 0 Å².